The van der Waals surface area contributed by atoms with Gasteiger partial charge in [0, 0.05) is 36.8 Å². The number of rotatable bonds is 9. The normalized spacial score (nSPS) is 18.3. The molecule has 184 valence electrons. The summed E-state index contributed by atoms with van der Waals surface area (Å²) in [6.45, 7) is 7.58. The molecule has 7 nitrogen and oxygen atoms in total. The van der Waals surface area contributed by atoms with Crippen LogP contribution in [0.25, 0.3) is 0 Å². The fourth-order valence-electron chi connectivity index (χ4n) is 3.86. The summed E-state index contributed by atoms with van der Waals surface area (Å²) in [4.78, 5) is 19.2. The van der Waals surface area contributed by atoms with Gasteiger partial charge in [0.25, 0.3) is 0 Å². The predicted octanol–water partition coefficient (Wildman–Crippen LogP) is 4.47. The molecule has 0 amide bonds. The average Bonchev–Trinajstić information content (AvgIpc) is 3.17. The highest BCUT2D eigenvalue weighted by molar-refractivity contribution is 7.15. The van der Waals surface area contributed by atoms with Crippen molar-refractivity contribution in [3.05, 3.63) is 39.7 Å². The summed E-state index contributed by atoms with van der Waals surface area (Å²) in [5.74, 6) is 5.99. The number of aliphatic hydroxyl groups is 1. The predicted molar refractivity (Wildman–Crippen MR) is 136 cm³/mol. The third-order valence-corrected chi connectivity index (χ3v) is 6.58. The molecular weight excluding hydrogens is 450 g/mol. The smallest absolute Gasteiger partial charge is 0.348 e. The van der Waals surface area contributed by atoms with Crippen LogP contribution in [0.15, 0.2) is 24.4 Å². The molecule has 0 aromatic carbocycles. The van der Waals surface area contributed by atoms with Crippen molar-refractivity contribution >= 4 is 23.0 Å². The van der Waals surface area contributed by atoms with E-state index in [4.69, 9.17) is 9.84 Å². The molecule has 3 N–H and O–H groups in total. The maximum atomic E-state index is 11.7. The molecule has 1 aliphatic carbocycles. The summed E-state index contributed by atoms with van der Waals surface area (Å²) >= 11 is 1.22. The van der Waals surface area contributed by atoms with Gasteiger partial charge >= 0.3 is 5.97 Å². The fraction of sp³-hybridized carbons (Fsp3) is 0.538. The molecule has 8 heteroatoms. The molecule has 0 atom stereocenters. The first-order chi connectivity index (χ1) is 16.1. The van der Waals surface area contributed by atoms with E-state index in [2.05, 4.69) is 22.1 Å². The Morgan fingerprint density at radius 1 is 1.29 bits per heavy atom. The van der Waals surface area contributed by atoms with Crippen LogP contribution in [-0.2, 0) is 6.54 Å². The standard InChI is InChI=1S/C26H35N3O4S/c1-26(2,3)11-9-21-16-22(24(34-21)25(31)32)28-19-5-7-20(8-6-19)33-23-15-18(10-12-27-23)17-29(4)13-14-30/h10,12,15-16,19-20,28,30H,5-8,13-14,17H2,1-4H3,(H,31,32). The Kier molecular flexibility index (Phi) is 8.95. The van der Waals surface area contributed by atoms with E-state index in [0.717, 1.165) is 42.7 Å². The van der Waals surface area contributed by atoms with Gasteiger partial charge in [0.1, 0.15) is 11.0 Å². The maximum absolute atomic E-state index is 11.7. The fourth-order valence-corrected chi connectivity index (χ4v) is 4.67. The molecular formula is C26H35N3O4S. The number of nitrogens with zero attached hydrogens (tertiary/aromatic N) is 2. The van der Waals surface area contributed by atoms with E-state index in [-0.39, 0.29) is 24.2 Å². The maximum Gasteiger partial charge on any atom is 0.348 e. The van der Waals surface area contributed by atoms with Gasteiger partial charge in [-0.15, -0.1) is 11.3 Å². The molecule has 2 aromatic heterocycles. The van der Waals surface area contributed by atoms with Crippen LogP contribution < -0.4 is 10.1 Å². The highest BCUT2D eigenvalue weighted by atomic mass is 32.1. The SMILES string of the molecule is CN(CCO)Cc1ccnc(OC2CCC(Nc3cc(C#CC(C)(C)C)sc3C(=O)O)CC2)c1. The van der Waals surface area contributed by atoms with Crippen molar-refractivity contribution in [3.63, 3.8) is 0 Å². The summed E-state index contributed by atoms with van der Waals surface area (Å²) in [6.07, 6.45) is 5.37. The third-order valence-electron chi connectivity index (χ3n) is 5.54. The molecule has 0 bridgehead atoms. The van der Waals surface area contributed by atoms with Crippen molar-refractivity contribution in [1.29, 1.82) is 0 Å². The van der Waals surface area contributed by atoms with Gasteiger partial charge < -0.3 is 20.3 Å². The minimum atomic E-state index is -0.927. The van der Waals surface area contributed by atoms with Gasteiger partial charge in [0.15, 0.2) is 0 Å². The first kappa shape index (κ1) is 26.0. The molecule has 1 fully saturated rings. The molecule has 0 spiro atoms. The number of aromatic nitrogens is 1. The number of hydrogen-bond donors (Lipinski definition) is 3. The van der Waals surface area contributed by atoms with Crippen LogP contribution in [0.2, 0.25) is 0 Å². The number of likely N-dealkylation sites (N-methyl/N-ethyl adjacent to an activating group) is 1. The number of hydrogen-bond acceptors (Lipinski definition) is 7. The Bertz CT molecular complexity index is 1030. The van der Waals surface area contributed by atoms with Crippen molar-refractivity contribution in [1.82, 2.24) is 9.88 Å². The van der Waals surface area contributed by atoms with Gasteiger partial charge in [-0.1, -0.05) is 11.8 Å². The zero-order valence-corrected chi connectivity index (χ0v) is 21.2. The van der Waals surface area contributed by atoms with Crippen LogP contribution in [-0.4, -0.2) is 58.4 Å². The Morgan fingerprint density at radius 2 is 2.03 bits per heavy atom. The molecule has 2 aromatic rings. The number of nitrogens with one attached hydrogen (secondary N) is 1. The van der Waals surface area contributed by atoms with Gasteiger partial charge in [0.2, 0.25) is 5.88 Å². The van der Waals surface area contributed by atoms with Crippen LogP contribution in [0.4, 0.5) is 5.69 Å². The lowest BCUT2D eigenvalue weighted by Gasteiger charge is -2.29. The molecule has 0 saturated heterocycles. The van der Waals surface area contributed by atoms with Crippen molar-refractivity contribution in [2.24, 2.45) is 5.41 Å². The highest BCUT2D eigenvalue weighted by Gasteiger charge is 2.25. The number of anilines is 1. The van der Waals surface area contributed by atoms with Crippen LogP contribution in [0.3, 0.4) is 0 Å². The van der Waals surface area contributed by atoms with E-state index in [1.165, 1.54) is 11.3 Å². The second-order valence-electron chi connectivity index (χ2n) is 9.86. The monoisotopic (exact) mass is 485 g/mol. The van der Waals surface area contributed by atoms with Crippen LogP contribution in [0, 0.1) is 17.3 Å². The van der Waals surface area contributed by atoms with Crippen molar-refractivity contribution in [2.75, 3.05) is 25.5 Å². The second-order valence-corrected chi connectivity index (χ2v) is 10.9. The minimum absolute atomic E-state index is 0.0885. The lowest BCUT2D eigenvalue weighted by Crippen LogP contribution is -2.31. The van der Waals surface area contributed by atoms with E-state index in [9.17, 15) is 9.90 Å². The number of aromatic carboxylic acids is 1. The summed E-state index contributed by atoms with van der Waals surface area (Å²) < 4.78 is 6.15. The summed E-state index contributed by atoms with van der Waals surface area (Å²) in [7, 11) is 1.97. The third kappa shape index (κ3) is 8.01. The van der Waals surface area contributed by atoms with Crippen molar-refractivity contribution in [2.45, 2.75) is 65.1 Å². The molecule has 1 saturated carbocycles. The molecule has 0 unspecified atom stereocenters. The summed E-state index contributed by atoms with van der Waals surface area (Å²) in [5.41, 5.74) is 1.62. The lowest BCUT2D eigenvalue weighted by molar-refractivity contribution is 0.0703. The molecule has 3 rings (SSSR count). The number of thiophene rings is 1. The molecule has 34 heavy (non-hydrogen) atoms. The van der Waals surface area contributed by atoms with Crippen molar-refractivity contribution < 1.29 is 19.7 Å². The minimum Gasteiger partial charge on any atom is -0.477 e. The number of carboxylic acid groups (broad SMARTS) is 1. The number of carbonyl (C=O) groups is 1. The zero-order chi connectivity index (χ0) is 24.7. The van der Waals surface area contributed by atoms with E-state index >= 15 is 0 Å². The summed E-state index contributed by atoms with van der Waals surface area (Å²) in [5, 5.41) is 22.1. The molecule has 0 aliphatic heterocycles. The highest BCUT2D eigenvalue weighted by Crippen LogP contribution is 2.31. The van der Waals surface area contributed by atoms with Gasteiger partial charge in [0.05, 0.1) is 17.2 Å². The zero-order valence-electron chi connectivity index (χ0n) is 20.4. The van der Waals surface area contributed by atoms with Crippen molar-refractivity contribution in [3.8, 4) is 17.7 Å². The Balaban J connectivity index is 1.56. The first-order valence-electron chi connectivity index (χ1n) is 11.7. The summed E-state index contributed by atoms with van der Waals surface area (Å²) in [6, 6.07) is 5.98. The number of carboxylic acids is 1. The van der Waals surface area contributed by atoms with Gasteiger partial charge in [-0.2, -0.15) is 0 Å². The van der Waals surface area contributed by atoms with Crippen LogP contribution >= 0.6 is 11.3 Å². The van der Waals surface area contributed by atoms with Crippen LogP contribution in [0.1, 0.15) is 66.6 Å². The average molecular weight is 486 g/mol. The second kappa shape index (κ2) is 11.7. The van der Waals surface area contributed by atoms with E-state index in [0.29, 0.717) is 23.0 Å². The van der Waals surface area contributed by atoms with Crippen LogP contribution in [0.5, 0.6) is 5.88 Å². The number of pyridine rings is 1. The lowest BCUT2D eigenvalue weighted by atomic mass is 9.92. The largest absolute Gasteiger partial charge is 0.477 e. The van der Waals surface area contributed by atoms with Gasteiger partial charge in [-0.25, -0.2) is 9.78 Å². The number of ether oxygens (including phenoxy) is 1. The quantitative estimate of drug-likeness (QED) is 0.451. The Hall–Kier alpha value is -2.60. The Morgan fingerprint density at radius 3 is 2.68 bits per heavy atom. The molecule has 2 heterocycles. The first-order valence-corrected chi connectivity index (χ1v) is 12.5. The van der Waals surface area contributed by atoms with E-state index in [1.807, 2.05) is 50.9 Å². The topological polar surface area (TPSA) is 94.9 Å². The molecule has 0 radical (unpaired) electrons. The van der Waals surface area contributed by atoms with Gasteiger partial charge in [-0.3, -0.25) is 4.90 Å². The molecule has 1 aliphatic rings. The Labute approximate surface area is 206 Å². The van der Waals surface area contributed by atoms with E-state index in [1.54, 1.807) is 6.20 Å². The van der Waals surface area contributed by atoms with E-state index < -0.39 is 5.97 Å². The van der Waals surface area contributed by atoms with Gasteiger partial charge in [-0.05, 0) is 71.2 Å². The number of aliphatic hydroxyl groups excluding tert-OH is 1.